The summed E-state index contributed by atoms with van der Waals surface area (Å²) in [5, 5.41) is 8.36. The van der Waals surface area contributed by atoms with Crippen molar-refractivity contribution in [1.29, 1.82) is 5.26 Å². The standard InChI is InChI=1S/C12H11NO2/c1-2-15-12(14)11-7-3-5-10(9-11)6-4-8-13/h3-7,9H,2H2,1H3/b6-4+. The molecule has 0 spiro atoms. The number of carbonyl (C=O) groups excluding carboxylic acids is 1. The Kier molecular flexibility index (Phi) is 4.11. The van der Waals surface area contributed by atoms with E-state index in [9.17, 15) is 4.79 Å². The maximum absolute atomic E-state index is 11.4. The van der Waals surface area contributed by atoms with E-state index >= 15 is 0 Å². The first kappa shape index (κ1) is 11.0. The zero-order valence-corrected chi connectivity index (χ0v) is 8.43. The van der Waals surface area contributed by atoms with Gasteiger partial charge in [-0.1, -0.05) is 12.1 Å². The van der Waals surface area contributed by atoms with Gasteiger partial charge in [0.2, 0.25) is 0 Å². The lowest BCUT2D eigenvalue weighted by molar-refractivity contribution is 0.0526. The molecule has 0 aliphatic rings. The minimum absolute atomic E-state index is 0.343. The molecule has 76 valence electrons. The molecule has 0 unspecified atom stereocenters. The van der Waals surface area contributed by atoms with Gasteiger partial charge in [0.25, 0.3) is 0 Å². The fourth-order valence-corrected chi connectivity index (χ4v) is 1.12. The van der Waals surface area contributed by atoms with Crippen molar-refractivity contribution >= 4 is 12.0 Å². The third-order valence-electron chi connectivity index (χ3n) is 1.75. The molecule has 0 atom stereocenters. The molecule has 0 N–H and O–H groups in total. The number of nitrogens with zero attached hydrogens (tertiary/aromatic N) is 1. The third-order valence-corrected chi connectivity index (χ3v) is 1.75. The van der Waals surface area contributed by atoms with Crippen LogP contribution in [0.2, 0.25) is 0 Å². The van der Waals surface area contributed by atoms with Gasteiger partial charge in [-0.25, -0.2) is 4.79 Å². The summed E-state index contributed by atoms with van der Waals surface area (Å²) >= 11 is 0. The smallest absolute Gasteiger partial charge is 0.338 e. The Morgan fingerprint density at radius 1 is 1.60 bits per heavy atom. The van der Waals surface area contributed by atoms with E-state index < -0.39 is 0 Å². The van der Waals surface area contributed by atoms with Crippen molar-refractivity contribution in [2.24, 2.45) is 0 Å². The molecule has 1 aromatic carbocycles. The van der Waals surface area contributed by atoms with E-state index in [1.165, 1.54) is 6.08 Å². The SMILES string of the molecule is CCOC(=O)c1cccc(/C=C/C#N)c1. The number of ether oxygens (including phenoxy) is 1. The fourth-order valence-electron chi connectivity index (χ4n) is 1.12. The number of rotatable bonds is 3. The highest BCUT2D eigenvalue weighted by Gasteiger charge is 2.05. The number of hydrogen-bond donors (Lipinski definition) is 0. The molecule has 3 nitrogen and oxygen atoms in total. The summed E-state index contributed by atoms with van der Waals surface area (Å²) in [5.41, 5.74) is 1.30. The number of allylic oxidation sites excluding steroid dienone is 1. The monoisotopic (exact) mass is 201 g/mol. The lowest BCUT2D eigenvalue weighted by atomic mass is 10.1. The van der Waals surface area contributed by atoms with E-state index in [-0.39, 0.29) is 5.97 Å². The van der Waals surface area contributed by atoms with E-state index in [4.69, 9.17) is 10.00 Å². The van der Waals surface area contributed by atoms with Crippen LogP contribution in [0.15, 0.2) is 30.3 Å². The van der Waals surface area contributed by atoms with Gasteiger partial charge in [-0.15, -0.1) is 0 Å². The number of esters is 1. The van der Waals surface area contributed by atoms with Crippen molar-refractivity contribution in [3.05, 3.63) is 41.5 Å². The number of carbonyl (C=O) groups is 1. The molecule has 1 rings (SSSR count). The van der Waals surface area contributed by atoms with Crippen LogP contribution in [0, 0.1) is 11.3 Å². The summed E-state index contributed by atoms with van der Waals surface area (Å²) in [6.07, 6.45) is 3.01. The molecule has 0 saturated carbocycles. The van der Waals surface area contributed by atoms with E-state index in [1.807, 2.05) is 12.1 Å². The Morgan fingerprint density at radius 2 is 2.40 bits per heavy atom. The molecule has 0 aliphatic heterocycles. The predicted molar refractivity (Wildman–Crippen MR) is 57.0 cm³/mol. The molecule has 0 aliphatic carbocycles. The van der Waals surface area contributed by atoms with Crippen molar-refractivity contribution in [3.63, 3.8) is 0 Å². The van der Waals surface area contributed by atoms with Crippen LogP contribution < -0.4 is 0 Å². The first-order valence-corrected chi connectivity index (χ1v) is 4.61. The van der Waals surface area contributed by atoms with Gasteiger partial charge in [0.15, 0.2) is 0 Å². The Labute approximate surface area is 88.6 Å². The van der Waals surface area contributed by atoms with E-state index in [0.29, 0.717) is 12.2 Å². The van der Waals surface area contributed by atoms with Crippen molar-refractivity contribution in [1.82, 2.24) is 0 Å². The van der Waals surface area contributed by atoms with Crippen molar-refractivity contribution < 1.29 is 9.53 Å². The van der Waals surface area contributed by atoms with Gasteiger partial charge >= 0.3 is 5.97 Å². The summed E-state index contributed by atoms with van der Waals surface area (Å²) in [4.78, 5) is 11.4. The Balaban J connectivity index is 2.88. The van der Waals surface area contributed by atoms with Gasteiger partial charge in [0.1, 0.15) is 0 Å². The highest BCUT2D eigenvalue weighted by molar-refractivity contribution is 5.90. The molecule has 15 heavy (non-hydrogen) atoms. The van der Waals surface area contributed by atoms with Crippen molar-refractivity contribution in [3.8, 4) is 6.07 Å². The quantitative estimate of drug-likeness (QED) is 0.557. The second kappa shape index (κ2) is 5.61. The topological polar surface area (TPSA) is 50.1 Å². The molecule has 0 heterocycles. The summed E-state index contributed by atoms with van der Waals surface area (Å²) in [6.45, 7) is 2.12. The highest BCUT2D eigenvalue weighted by atomic mass is 16.5. The predicted octanol–water partition coefficient (Wildman–Crippen LogP) is 2.40. The van der Waals surface area contributed by atoms with Crippen LogP contribution in [0.1, 0.15) is 22.8 Å². The van der Waals surface area contributed by atoms with Crippen LogP contribution in [-0.4, -0.2) is 12.6 Å². The van der Waals surface area contributed by atoms with Gasteiger partial charge in [-0.3, -0.25) is 0 Å². The van der Waals surface area contributed by atoms with Crippen LogP contribution in [-0.2, 0) is 4.74 Å². The molecule has 3 heteroatoms. The highest BCUT2D eigenvalue weighted by Crippen LogP contribution is 2.08. The maximum atomic E-state index is 11.4. The number of benzene rings is 1. The number of nitriles is 1. The summed E-state index contributed by atoms with van der Waals surface area (Å²) < 4.78 is 4.86. The molecule has 0 radical (unpaired) electrons. The van der Waals surface area contributed by atoms with E-state index in [1.54, 1.807) is 31.2 Å². The second-order valence-electron chi connectivity index (χ2n) is 2.81. The Morgan fingerprint density at radius 3 is 3.07 bits per heavy atom. The first-order chi connectivity index (χ1) is 7.27. The van der Waals surface area contributed by atoms with Gasteiger partial charge in [-0.05, 0) is 30.7 Å². The lowest BCUT2D eigenvalue weighted by Gasteiger charge is -2.01. The molecule has 0 bridgehead atoms. The molecule has 0 aromatic heterocycles. The van der Waals surface area contributed by atoms with Crippen molar-refractivity contribution in [2.45, 2.75) is 6.92 Å². The Hall–Kier alpha value is -2.08. The fraction of sp³-hybridized carbons (Fsp3) is 0.167. The van der Waals surface area contributed by atoms with Crippen LogP contribution >= 0.6 is 0 Å². The van der Waals surface area contributed by atoms with E-state index in [2.05, 4.69) is 0 Å². The minimum atomic E-state index is -0.343. The minimum Gasteiger partial charge on any atom is -0.462 e. The lowest BCUT2D eigenvalue weighted by Crippen LogP contribution is -2.04. The molecular formula is C12H11NO2. The summed E-state index contributed by atoms with van der Waals surface area (Å²) in [6, 6.07) is 8.83. The van der Waals surface area contributed by atoms with Crippen LogP contribution in [0.25, 0.3) is 6.08 Å². The van der Waals surface area contributed by atoms with Crippen molar-refractivity contribution in [2.75, 3.05) is 6.61 Å². The zero-order valence-electron chi connectivity index (χ0n) is 8.43. The van der Waals surface area contributed by atoms with Crippen LogP contribution in [0.3, 0.4) is 0 Å². The first-order valence-electron chi connectivity index (χ1n) is 4.61. The second-order valence-corrected chi connectivity index (χ2v) is 2.81. The molecule has 0 amide bonds. The van der Waals surface area contributed by atoms with Gasteiger partial charge in [0, 0.05) is 6.08 Å². The van der Waals surface area contributed by atoms with Gasteiger partial charge < -0.3 is 4.74 Å². The maximum Gasteiger partial charge on any atom is 0.338 e. The van der Waals surface area contributed by atoms with Crippen LogP contribution in [0.4, 0.5) is 0 Å². The largest absolute Gasteiger partial charge is 0.462 e. The normalized spacial score (nSPS) is 9.87. The van der Waals surface area contributed by atoms with Gasteiger partial charge in [0.05, 0.1) is 18.2 Å². The van der Waals surface area contributed by atoms with E-state index in [0.717, 1.165) is 5.56 Å². The number of hydrogen-bond acceptors (Lipinski definition) is 3. The molecular weight excluding hydrogens is 190 g/mol. The molecule has 0 saturated heterocycles. The third kappa shape index (κ3) is 3.28. The summed E-state index contributed by atoms with van der Waals surface area (Å²) in [5.74, 6) is -0.343. The Bertz CT molecular complexity index is 416. The summed E-state index contributed by atoms with van der Waals surface area (Å²) in [7, 11) is 0. The van der Waals surface area contributed by atoms with Gasteiger partial charge in [-0.2, -0.15) is 5.26 Å². The zero-order chi connectivity index (χ0) is 11.1. The average molecular weight is 201 g/mol. The molecule has 0 fully saturated rings. The average Bonchev–Trinajstić information content (AvgIpc) is 2.27. The molecule has 1 aromatic rings. The van der Waals surface area contributed by atoms with Crippen LogP contribution in [0.5, 0.6) is 0 Å².